The van der Waals surface area contributed by atoms with Gasteiger partial charge in [0.25, 0.3) is 0 Å². The first-order chi connectivity index (χ1) is 29.0. The predicted octanol–water partition coefficient (Wildman–Crippen LogP) is 16.8. The van der Waals surface area contributed by atoms with Crippen LogP contribution < -0.4 is 0 Å². The summed E-state index contributed by atoms with van der Waals surface area (Å²) in [6, 6.07) is 0. The Bertz CT molecular complexity index is 958. The number of esters is 3. The van der Waals surface area contributed by atoms with Crippen molar-refractivity contribution in [1.29, 1.82) is 0 Å². The number of hydrogen-bond acceptors (Lipinski definition) is 6. The molecule has 0 aliphatic heterocycles. The molecule has 0 aromatic heterocycles. The summed E-state index contributed by atoms with van der Waals surface area (Å²) in [5, 5.41) is 0. The molecule has 1 unspecified atom stereocenters. The van der Waals surface area contributed by atoms with Crippen LogP contribution in [0.5, 0.6) is 0 Å². The molecule has 6 nitrogen and oxygen atoms in total. The third kappa shape index (κ3) is 46.8. The quantitative estimate of drug-likeness (QED) is 0.0263. The Balaban J connectivity index is 4.35. The summed E-state index contributed by atoms with van der Waals surface area (Å²) < 4.78 is 16.8. The number of unbranched alkanes of at least 4 members (excludes halogenated alkanes) is 33. The molecule has 0 aromatic carbocycles. The average Bonchev–Trinajstić information content (AvgIpc) is 3.23. The maximum Gasteiger partial charge on any atom is 0.306 e. The lowest BCUT2D eigenvalue weighted by atomic mass is 10.0. The highest BCUT2D eigenvalue weighted by atomic mass is 16.6. The lowest BCUT2D eigenvalue weighted by molar-refractivity contribution is -0.167. The maximum absolute atomic E-state index is 12.8. The van der Waals surface area contributed by atoms with Crippen LogP contribution in [0.3, 0.4) is 0 Å². The molecule has 0 amide bonds. The minimum Gasteiger partial charge on any atom is -0.462 e. The lowest BCUT2D eigenvalue weighted by Gasteiger charge is -2.18. The second-order valence-electron chi connectivity index (χ2n) is 17.5. The van der Waals surface area contributed by atoms with Gasteiger partial charge < -0.3 is 14.2 Å². The smallest absolute Gasteiger partial charge is 0.306 e. The van der Waals surface area contributed by atoms with Crippen molar-refractivity contribution in [1.82, 2.24) is 0 Å². The van der Waals surface area contributed by atoms with Crippen LogP contribution in [-0.4, -0.2) is 37.2 Å². The molecule has 346 valence electrons. The summed E-state index contributed by atoms with van der Waals surface area (Å²) in [7, 11) is 0. The molecule has 59 heavy (non-hydrogen) atoms. The SMILES string of the molecule is CCCCC/C=C\C=C/CCCCCCCCC(=O)OCC(COC(=O)CCCCCCCCCCCCCC)OC(=O)CCCCCCCCCCCCCCCC. The van der Waals surface area contributed by atoms with Crippen LogP contribution in [0, 0.1) is 0 Å². The second-order valence-corrected chi connectivity index (χ2v) is 17.5. The van der Waals surface area contributed by atoms with Crippen molar-refractivity contribution in [2.24, 2.45) is 0 Å². The molecule has 0 aromatic rings. The van der Waals surface area contributed by atoms with E-state index in [1.807, 2.05) is 0 Å². The predicted molar refractivity (Wildman–Crippen MR) is 252 cm³/mol. The van der Waals surface area contributed by atoms with Gasteiger partial charge in [-0.1, -0.05) is 238 Å². The highest BCUT2D eigenvalue weighted by Gasteiger charge is 2.19. The molecule has 0 rings (SSSR count). The van der Waals surface area contributed by atoms with Gasteiger partial charge in [-0.05, 0) is 44.9 Å². The average molecular weight is 831 g/mol. The van der Waals surface area contributed by atoms with Crippen molar-refractivity contribution in [2.75, 3.05) is 13.2 Å². The van der Waals surface area contributed by atoms with E-state index >= 15 is 0 Å². The number of ether oxygens (including phenoxy) is 3. The van der Waals surface area contributed by atoms with E-state index in [-0.39, 0.29) is 31.1 Å². The van der Waals surface area contributed by atoms with Crippen LogP contribution in [0.25, 0.3) is 0 Å². The van der Waals surface area contributed by atoms with Crippen LogP contribution in [0.1, 0.15) is 278 Å². The minimum absolute atomic E-state index is 0.0702. The van der Waals surface area contributed by atoms with Gasteiger partial charge in [0.05, 0.1) is 0 Å². The number of rotatable bonds is 47. The Kier molecular flexibility index (Phi) is 46.8. The van der Waals surface area contributed by atoms with Gasteiger partial charge in [0.1, 0.15) is 13.2 Å². The summed E-state index contributed by atoms with van der Waals surface area (Å²) in [6.45, 7) is 6.62. The van der Waals surface area contributed by atoms with Gasteiger partial charge in [-0.3, -0.25) is 14.4 Å². The first-order valence-corrected chi connectivity index (χ1v) is 25.9. The first kappa shape index (κ1) is 56.9. The molecule has 0 saturated carbocycles. The zero-order chi connectivity index (χ0) is 43.0. The zero-order valence-electron chi connectivity index (χ0n) is 39.5. The van der Waals surface area contributed by atoms with E-state index in [1.165, 1.54) is 173 Å². The maximum atomic E-state index is 12.8. The van der Waals surface area contributed by atoms with E-state index in [1.54, 1.807) is 0 Å². The molecule has 0 aliphatic carbocycles. The number of carbonyl (C=O) groups excluding carboxylic acids is 3. The monoisotopic (exact) mass is 831 g/mol. The molecule has 0 saturated heterocycles. The molecule has 0 N–H and O–H groups in total. The molecule has 0 radical (unpaired) electrons. The van der Waals surface area contributed by atoms with Crippen LogP contribution in [0.2, 0.25) is 0 Å². The zero-order valence-corrected chi connectivity index (χ0v) is 39.5. The van der Waals surface area contributed by atoms with Crippen molar-refractivity contribution >= 4 is 17.9 Å². The fraction of sp³-hybridized carbons (Fsp3) is 0.868. The molecule has 0 fully saturated rings. The molecule has 6 heteroatoms. The van der Waals surface area contributed by atoms with Crippen molar-refractivity contribution in [2.45, 2.75) is 284 Å². The summed E-state index contributed by atoms with van der Waals surface area (Å²) in [4.78, 5) is 37.9. The number of allylic oxidation sites excluding steroid dienone is 4. The van der Waals surface area contributed by atoms with Crippen molar-refractivity contribution < 1.29 is 28.6 Å². The van der Waals surface area contributed by atoms with E-state index in [0.717, 1.165) is 64.2 Å². The van der Waals surface area contributed by atoms with Crippen LogP contribution in [0.4, 0.5) is 0 Å². The highest BCUT2D eigenvalue weighted by Crippen LogP contribution is 2.16. The van der Waals surface area contributed by atoms with E-state index in [9.17, 15) is 14.4 Å². The van der Waals surface area contributed by atoms with Crippen LogP contribution in [0.15, 0.2) is 24.3 Å². The second kappa shape index (κ2) is 48.6. The third-order valence-corrected chi connectivity index (χ3v) is 11.5. The Morgan fingerprint density at radius 3 is 0.932 bits per heavy atom. The Morgan fingerprint density at radius 1 is 0.339 bits per heavy atom. The van der Waals surface area contributed by atoms with Crippen LogP contribution >= 0.6 is 0 Å². The summed E-state index contributed by atoms with van der Waals surface area (Å²) in [5.74, 6) is -0.868. The highest BCUT2D eigenvalue weighted by molar-refractivity contribution is 5.71. The molecule has 0 bridgehead atoms. The van der Waals surface area contributed by atoms with Gasteiger partial charge in [0.15, 0.2) is 6.10 Å². The molecule has 0 spiro atoms. The van der Waals surface area contributed by atoms with Crippen molar-refractivity contribution in [3.05, 3.63) is 24.3 Å². The fourth-order valence-electron chi connectivity index (χ4n) is 7.55. The van der Waals surface area contributed by atoms with Gasteiger partial charge in [0.2, 0.25) is 0 Å². The molecular formula is C53H98O6. The summed E-state index contributed by atoms with van der Waals surface area (Å²) in [6.07, 6.45) is 54.4. The Hall–Kier alpha value is -2.11. The number of carbonyl (C=O) groups is 3. The normalized spacial score (nSPS) is 12.1. The Morgan fingerprint density at radius 2 is 0.593 bits per heavy atom. The lowest BCUT2D eigenvalue weighted by Crippen LogP contribution is -2.30. The third-order valence-electron chi connectivity index (χ3n) is 11.5. The molecule has 1 atom stereocenters. The fourth-order valence-corrected chi connectivity index (χ4v) is 7.55. The van der Waals surface area contributed by atoms with Gasteiger partial charge in [-0.15, -0.1) is 0 Å². The minimum atomic E-state index is -0.769. The van der Waals surface area contributed by atoms with E-state index in [4.69, 9.17) is 14.2 Å². The van der Waals surface area contributed by atoms with E-state index in [2.05, 4.69) is 45.1 Å². The van der Waals surface area contributed by atoms with E-state index in [0.29, 0.717) is 19.3 Å². The van der Waals surface area contributed by atoms with Gasteiger partial charge in [-0.25, -0.2) is 0 Å². The molecular weight excluding hydrogens is 733 g/mol. The molecule has 0 aliphatic rings. The van der Waals surface area contributed by atoms with Gasteiger partial charge in [0, 0.05) is 19.3 Å². The molecule has 0 heterocycles. The van der Waals surface area contributed by atoms with Crippen LogP contribution in [-0.2, 0) is 28.6 Å². The standard InChI is InChI=1S/C53H98O6/c1-4-7-10-13-16-19-22-25-27-29-31-34-37-40-43-46-52(55)58-49-50(48-57-51(54)45-42-39-36-33-30-24-21-18-15-12-9-6-3)59-53(56)47-44-41-38-35-32-28-26-23-20-17-14-11-8-5-2/h16,19,22,25,50H,4-15,17-18,20-21,23-24,26-49H2,1-3H3/b19-16-,25-22-. The van der Waals surface area contributed by atoms with E-state index < -0.39 is 6.10 Å². The van der Waals surface area contributed by atoms with Gasteiger partial charge in [-0.2, -0.15) is 0 Å². The van der Waals surface area contributed by atoms with Gasteiger partial charge >= 0.3 is 17.9 Å². The Labute approximate surface area is 366 Å². The number of hydrogen-bond donors (Lipinski definition) is 0. The first-order valence-electron chi connectivity index (χ1n) is 25.9. The summed E-state index contributed by atoms with van der Waals surface area (Å²) in [5.41, 5.74) is 0. The largest absolute Gasteiger partial charge is 0.462 e. The van der Waals surface area contributed by atoms with Crippen molar-refractivity contribution in [3.8, 4) is 0 Å². The topological polar surface area (TPSA) is 78.9 Å². The van der Waals surface area contributed by atoms with Crippen molar-refractivity contribution in [3.63, 3.8) is 0 Å². The summed E-state index contributed by atoms with van der Waals surface area (Å²) >= 11 is 0.